The molecule has 0 saturated heterocycles. The molecular formula is C16H13ClN4O3S. The number of Topliss-reactive ketones (excluding diaryl/α,β-unsaturated/α-hetero) is 1. The highest BCUT2D eigenvalue weighted by molar-refractivity contribution is 7.90. The second-order valence-electron chi connectivity index (χ2n) is 5.23. The standard InChI is InChI=1S/C16H13ClN4O3S/c17-11-3-1-10(2-4-11)12-7-8-19-14-6-5-13(20-16(12)14)15(22)9-25(23,24)21-18/h1-8,21H,9,18H2. The molecule has 3 rings (SSSR count). The van der Waals surface area contributed by atoms with Crippen LogP contribution in [0.15, 0.2) is 48.7 Å². The molecule has 128 valence electrons. The molecule has 0 radical (unpaired) electrons. The van der Waals surface area contributed by atoms with Crippen LogP contribution >= 0.6 is 11.6 Å². The number of carbonyl (C=O) groups is 1. The molecule has 9 heteroatoms. The van der Waals surface area contributed by atoms with E-state index in [1.807, 2.05) is 12.1 Å². The third-order valence-corrected chi connectivity index (χ3v) is 4.78. The maximum atomic E-state index is 12.2. The summed E-state index contributed by atoms with van der Waals surface area (Å²) in [5, 5.41) is 0.602. The zero-order chi connectivity index (χ0) is 18.0. The van der Waals surface area contributed by atoms with Crippen LogP contribution in [0.1, 0.15) is 10.5 Å². The Morgan fingerprint density at radius 3 is 2.52 bits per heavy atom. The van der Waals surface area contributed by atoms with Crippen LogP contribution in [0.4, 0.5) is 0 Å². The van der Waals surface area contributed by atoms with E-state index in [2.05, 4.69) is 9.97 Å². The minimum Gasteiger partial charge on any atom is -0.291 e. The molecule has 3 aromatic rings. The molecule has 0 aliphatic heterocycles. The highest BCUT2D eigenvalue weighted by atomic mass is 35.5. The molecule has 0 atom stereocenters. The molecule has 0 aliphatic carbocycles. The molecule has 0 bridgehead atoms. The first-order valence-electron chi connectivity index (χ1n) is 7.14. The lowest BCUT2D eigenvalue weighted by atomic mass is 10.0. The Hall–Kier alpha value is -2.39. The molecule has 7 nitrogen and oxygen atoms in total. The molecular weight excluding hydrogens is 364 g/mol. The van der Waals surface area contributed by atoms with Crippen molar-refractivity contribution in [1.82, 2.24) is 14.8 Å². The molecule has 25 heavy (non-hydrogen) atoms. The number of nitrogens with two attached hydrogens (primary N) is 1. The van der Waals surface area contributed by atoms with Crippen LogP contribution in [0.3, 0.4) is 0 Å². The van der Waals surface area contributed by atoms with Crippen molar-refractivity contribution in [3.05, 3.63) is 59.4 Å². The molecule has 2 aromatic heterocycles. The van der Waals surface area contributed by atoms with Gasteiger partial charge in [-0.05, 0) is 35.9 Å². The van der Waals surface area contributed by atoms with E-state index < -0.39 is 21.6 Å². The Balaban J connectivity index is 2.09. The molecule has 0 amide bonds. The van der Waals surface area contributed by atoms with Gasteiger partial charge in [-0.3, -0.25) is 15.6 Å². The maximum absolute atomic E-state index is 12.2. The van der Waals surface area contributed by atoms with Gasteiger partial charge in [0.05, 0.1) is 11.0 Å². The number of rotatable bonds is 5. The SMILES string of the molecule is NNS(=O)(=O)CC(=O)c1ccc2nccc(-c3ccc(Cl)cc3)c2n1. The van der Waals surface area contributed by atoms with Gasteiger partial charge in [0.25, 0.3) is 0 Å². The largest absolute Gasteiger partial charge is 0.291 e. The fourth-order valence-corrected chi connectivity index (χ4v) is 3.03. The monoisotopic (exact) mass is 376 g/mol. The Bertz CT molecular complexity index is 1050. The molecule has 0 fully saturated rings. The Morgan fingerprint density at radius 1 is 1.12 bits per heavy atom. The van der Waals surface area contributed by atoms with E-state index in [1.54, 1.807) is 35.3 Å². The smallest absolute Gasteiger partial charge is 0.231 e. The van der Waals surface area contributed by atoms with E-state index in [9.17, 15) is 13.2 Å². The first-order chi connectivity index (χ1) is 11.9. The van der Waals surface area contributed by atoms with Crippen molar-refractivity contribution < 1.29 is 13.2 Å². The van der Waals surface area contributed by atoms with Crippen LogP contribution in [0.25, 0.3) is 22.2 Å². The lowest BCUT2D eigenvalue weighted by Gasteiger charge is -2.08. The number of hydrazine groups is 1. The number of ketones is 1. The number of carbonyl (C=O) groups excluding carboxylic acids is 1. The number of fused-ring (bicyclic) bond motifs is 1. The second-order valence-corrected chi connectivity index (χ2v) is 7.42. The summed E-state index contributed by atoms with van der Waals surface area (Å²) in [7, 11) is -3.88. The lowest BCUT2D eigenvalue weighted by Crippen LogP contribution is -2.35. The van der Waals surface area contributed by atoms with Gasteiger partial charge < -0.3 is 0 Å². The third-order valence-electron chi connectivity index (χ3n) is 3.53. The number of pyridine rings is 2. The van der Waals surface area contributed by atoms with E-state index in [1.165, 1.54) is 6.07 Å². The second kappa shape index (κ2) is 6.85. The summed E-state index contributed by atoms with van der Waals surface area (Å²) in [5.41, 5.74) is 2.72. The van der Waals surface area contributed by atoms with Crippen LogP contribution in [-0.2, 0) is 10.0 Å². The number of halogens is 1. The first-order valence-corrected chi connectivity index (χ1v) is 9.17. The highest BCUT2D eigenvalue weighted by Crippen LogP contribution is 2.27. The Kier molecular flexibility index (Phi) is 4.78. The number of nitrogens with zero attached hydrogens (tertiary/aromatic N) is 2. The Morgan fingerprint density at radius 2 is 1.84 bits per heavy atom. The number of sulfonamides is 1. The van der Waals surface area contributed by atoms with Gasteiger partial charge in [-0.15, -0.1) is 0 Å². The van der Waals surface area contributed by atoms with Crippen molar-refractivity contribution in [3.63, 3.8) is 0 Å². The summed E-state index contributed by atoms with van der Waals surface area (Å²) in [4.78, 5) is 22.3. The summed E-state index contributed by atoms with van der Waals surface area (Å²) in [6, 6.07) is 12.0. The molecule has 0 saturated carbocycles. The topological polar surface area (TPSA) is 115 Å². The molecule has 0 aliphatic rings. The van der Waals surface area contributed by atoms with Crippen molar-refractivity contribution in [2.24, 2.45) is 5.84 Å². The van der Waals surface area contributed by atoms with Gasteiger partial charge >= 0.3 is 0 Å². The summed E-state index contributed by atoms with van der Waals surface area (Å²) in [5.74, 6) is 3.46. The molecule has 0 unspecified atom stereocenters. The van der Waals surface area contributed by atoms with Gasteiger partial charge in [-0.1, -0.05) is 23.7 Å². The van der Waals surface area contributed by atoms with Crippen LogP contribution in [-0.4, -0.2) is 29.9 Å². The van der Waals surface area contributed by atoms with Crippen LogP contribution in [0, 0.1) is 0 Å². The van der Waals surface area contributed by atoms with Crippen molar-refractivity contribution in [2.75, 3.05) is 5.75 Å². The van der Waals surface area contributed by atoms with Crippen LogP contribution in [0.5, 0.6) is 0 Å². The lowest BCUT2D eigenvalue weighted by molar-refractivity contribution is 0.101. The summed E-state index contributed by atoms with van der Waals surface area (Å²) in [6.45, 7) is 0. The van der Waals surface area contributed by atoms with Crippen molar-refractivity contribution in [2.45, 2.75) is 0 Å². The molecule has 2 heterocycles. The number of aromatic nitrogens is 2. The number of hydrogen-bond acceptors (Lipinski definition) is 6. The fourth-order valence-electron chi connectivity index (χ4n) is 2.33. The highest BCUT2D eigenvalue weighted by Gasteiger charge is 2.18. The van der Waals surface area contributed by atoms with Crippen LogP contribution in [0.2, 0.25) is 5.02 Å². The molecule has 0 spiro atoms. The molecule has 3 N–H and O–H groups in total. The van der Waals surface area contributed by atoms with E-state index in [0.29, 0.717) is 16.1 Å². The van der Waals surface area contributed by atoms with Gasteiger partial charge in [-0.2, -0.15) is 4.83 Å². The van der Waals surface area contributed by atoms with Gasteiger partial charge in [-0.25, -0.2) is 13.4 Å². The number of nitrogens with one attached hydrogen (secondary N) is 1. The predicted octanol–water partition coefficient (Wildman–Crippen LogP) is 1.93. The average molecular weight is 377 g/mol. The normalized spacial score (nSPS) is 11.6. The predicted molar refractivity (Wildman–Crippen MR) is 95.4 cm³/mol. The zero-order valence-corrected chi connectivity index (χ0v) is 14.4. The minimum atomic E-state index is -3.88. The zero-order valence-electron chi connectivity index (χ0n) is 12.8. The quantitative estimate of drug-likeness (QED) is 0.399. The van der Waals surface area contributed by atoms with Crippen molar-refractivity contribution >= 4 is 38.4 Å². The van der Waals surface area contributed by atoms with Gasteiger partial charge in [0, 0.05) is 16.8 Å². The summed E-state index contributed by atoms with van der Waals surface area (Å²) >= 11 is 5.91. The number of hydrogen-bond donors (Lipinski definition) is 2. The van der Waals surface area contributed by atoms with Gasteiger partial charge in [0.15, 0.2) is 5.78 Å². The van der Waals surface area contributed by atoms with E-state index in [4.69, 9.17) is 17.4 Å². The maximum Gasteiger partial charge on any atom is 0.231 e. The summed E-state index contributed by atoms with van der Waals surface area (Å²) in [6.07, 6.45) is 1.64. The minimum absolute atomic E-state index is 0.0227. The van der Waals surface area contributed by atoms with Crippen molar-refractivity contribution in [1.29, 1.82) is 0 Å². The van der Waals surface area contributed by atoms with Crippen molar-refractivity contribution in [3.8, 4) is 11.1 Å². The van der Waals surface area contributed by atoms with Gasteiger partial charge in [0.1, 0.15) is 11.4 Å². The first kappa shape index (κ1) is 17.4. The molecule has 1 aromatic carbocycles. The fraction of sp³-hybridized carbons (Fsp3) is 0.0625. The van der Waals surface area contributed by atoms with Crippen LogP contribution < -0.4 is 10.7 Å². The summed E-state index contributed by atoms with van der Waals surface area (Å²) < 4.78 is 22.9. The Labute approximate surface area is 148 Å². The van der Waals surface area contributed by atoms with Gasteiger partial charge in [0.2, 0.25) is 10.0 Å². The van der Waals surface area contributed by atoms with E-state index in [-0.39, 0.29) is 5.69 Å². The average Bonchev–Trinajstić information content (AvgIpc) is 2.61. The third kappa shape index (κ3) is 3.83. The number of benzene rings is 1. The van der Waals surface area contributed by atoms with E-state index in [0.717, 1.165) is 11.1 Å². The van der Waals surface area contributed by atoms with E-state index >= 15 is 0 Å².